The number of carbonyl (C=O) groups excluding carboxylic acids is 6. The normalized spacial score (nSPS) is 11.9. The average molecular weight is 1700 g/mol. The lowest BCUT2D eigenvalue weighted by Gasteiger charge is -2.20. The zero-order valence-corrected chi connectivity index (χ0v) is 59.7. The number of anilines is 5. The first-order valence-corrected chi connectivity index (χ1v) is 32.8. The van der Waals surface area contributed by atoms with Gasteiger partial charge in [0.2, 0.25) is 11.8 Å². The highest BCUT2D eigenvalue weighted by molar-refractivity contribution is 6.18. The Morgan fingerprint density at radius 2 is 0.492 bits per heavy atom. The summed E-state index contributed by atoms with van der Waals surface area (Å²) >= 11 is 0. The van der Waals surface area contributed by atoms with Crippen molar-refractivity contribution in [3.8, 4) is 44.5 Å². The van der Waals surface area contributed by atoms with E-state index in [0.29, 0.717) is 85.0 Å². The zero-order valence-electron chi connectivity index (χ0n) is 59.7. The summed E-state index contributed by atoms with van der Waals surface area (Å²) in [5, 5.41) is 68.2. The van der Waals surface area contributed by atoms with Gasteiger partial charge in [0.15, 0.2) is 0 Å². The molecule has 9 aromatic rings. The molecule has 9 aromatic carbocycles. The number of nitrogens with one attached hydrogen (secondary N) is 6. The van der Waals surface area contributed by atoms with Gasteiger partial charge in [0.25, 0.3) is 23.6 Å². The molecule has 0 saturated heterocycles. The smallest absolute Gasteiger partial charge is 0.417 e. The van der Waals surface area contributed by atoms with Crippen molar-refractivity contribution >= 4 is 99.7 Å². The van der Waals surface area contributed by atoms with E-state index in [0.717, 1.165) is 54.6 Å². The van der Waals surface area contributed by atoms with Gasteiger partial charge >= 0.3 is 72.9 Å². The molecule has 0 aliphatic rings. The number of carboxylic acids is 6. The van der Waals surface area contributed by atoms with Crippen LogP contribution in [0.4, 0.5) is 107 Å². The summed E-state index contributed by atoms with van der Waals surface area (Å²) in [4.78, 5) is 146. The molecule has 0 bridgehead atoms. The van der Waals surface area contributed by atoms with Gasteiger partial charge in [-0.25, -0.2) is 28.8 Å². The highest BCUT2D eigenvalue weighted by atomic mass is 19.4. The molecule has 0 unspecified atom stereocenters. The quantitative estimate of drug-likeness (QED) is 0.0235. The minimum absolute atomic E-state index is 0.0526. The number of aryl methyl sites for hydroxylation is 1. The van der Waals surface area contributed by atoms with E-state index < -0.39 is 237 Å². The summed E-state index contributed by atoms with van der Waals surface area (Å²) in [5.74, 6) is -17.9. The fraction of sp³-hybridized carbons (Fsp3) is 0.103. The van der Waals surface area contributed by atoms with E-state index in [9.17, 15) is 157 Å². The molecule has 624 valence electrons. The number of amides is 6. The predicted molar refractivity (Wildman–Crippen MR) is 385 cm³/mol. The maximum absolute atomic E-state index is 14.5. The molecule has 0 atom stereocenters. The van der Waals surface area contributed by atoms with Gasteiger partial charge < -0.3 is 62.5 Å². The molecule has 0 aliphatic carbocycles. The van der Waals surface area contributed by atoms with Gasteiger partial charge in [-0.15, -0.1) is 0 Å². The number of benzene rings is 9. The van der Waals surface area contributed by atoms with E-state index in [4.69, 9.17) is 10.2 Å². The van der Waals surface area contributed by atoms with Crippen LogP contribution in [0.2, 0.25) is 0 Å². The third kappa shape index (κ3) is 21.9. The third-order valence-electron chi connectivity index (χ3n) is 16.7. The van der Waals surface area contributed by atoms with Gasteiger partial charge in [0, 0.05) is 59.8 Å². The summed E-state index contributed by atoms with van der Waals surface area (Å²) in [7, 11) is 1.25. The van der Waals surface area contributed by atoms with Gasteiger partial charge in [0.05, 0.1) is 77.9 Å². The topological polar surface area (TPSA) is 398 Å². The fourth-order valence-corrected chi connectivity index (χ4v) is 11.5. The second kappa shape index (κ2) is 35.1. The number of aliphatic carboxylic acids is 2. The molecular weight excluding hydrogens is 1650 g/mol. The predicted octanol–water partition coefficient (Wildman–Crippen LogP) is 17.5. The van der Waals surface area contributed by atoms with Crippen LogP contribution in [0.15, 0.2) is 182 Å². The SMILES string of the molecule is CNC(=O)c1cc(-c2ccc(C(=O)O)c(C(=O)Nc3ccc(-c4ccc(NC(=O)/C=C\C(=O)O)cc4C(F)(F)F)c(C(F)(F)F)c3)c2)ccc1C(=O)O.Cc1ccc(-c2ccc(NC(=O)c3cc(C(=O)Nc4ccc(-c5ccc(NC(=O)/C=C\C(=O)O)cc5C(F)(F)F)c(C(F)(F)F)c4)c(C(=O)O)cc3C(=O)O)cc2C(F)(F)F)c(C(F)(F)F)c1. The Bertz CT molecular complexity index is 5810. The molecule has 0 aliphatic heterocycles. The Kier molecular flexibility index (Phi) is 26.4. The monoisotopic (exact) mass is 1700 g/mol. The van der Waals surface area contributed by atoms with Crippen LogP contribution < -0.4 is 31.9 Å². The second-order valence-corrected chi connectivity index (χ2v) is 24.8. The van der Waals surface area contributed by atoms with Crippen molar-refractivity contribution in [1.82, 2.24) is 5.32 Å². The summed E-state index contributed by atoms with van der Waals surface area (Å²) < 4.78 is 256. The molecule has 0 aromatic heterocycles. The number of carboxylic acid groups (broad SMARTS) is 6. The molecule has 120 heavy (non-hydrogen) atoms. The molecule has 0 radical (unpaired) electrons. The van der Waals surface area contributed by atoms with E-state index in [1.165, 1.54) is 32.2 Å². The lowest BCUT2D eigenvalue weighted by atomic mass is 9.93. The number of hydrogen-bond acceptors (Lipinski definition) is 12. The van der Waals surface area contributed by atoms with E-state index in [-0.39, 0.29) is 52.1 Å². The summed E-state index contributed by atoms with van der Waals surface area (Å²) in [5.41, 5.74) is -25.5. The van der Waals surface area contributed by atoms with Crippen molar-refractivity contribution in [3.05, 3.63) is 265 Å². The Balaban J connectivity index is 0.000000307. The first-order chi connectivity index (χ1) is 55.6. The van der Waals surface area contributed by atoms with Crippen LogP contribution in [-0.2, 0) is 56.2 Å². The van der Waals surface area contributed by atoms with Crippen molar-refractivity contribution in [3.63, 3.8) is 0 Å². The summed E-state index contributed by atoms with van der Waals surface area (Å²) in [6.07, 6.45) is -30.2. The Hall–Kier alpha value is -15.2. The van der Waals surface area contributed by atoms with Crippen LogP contribution in [0.3, 0.4) is 0 Å². The minimum atomic E-state index is -5.49. The summed E-state index contributed by atoms with van der Waals surface area (Å²) in [6, 6.07) is 17.9. The number of carbonyl (C=O) groups is 12. The van der Waals surface area contributed by atoms with Crippen molar-refractivity contribution in [2.24, 2.45) is 0 Å². The van der Waals surface area contributed by atoms with E-state index >= 15 is 0 Å². The number of hydrogen-bond donors (Lipinski definition) is 12. The average Bonchev–Trinajstić information content (AvgIpc) is 0.694. The molecule has 0 saturated carbocycles. The van der Waals surface area contributed by atoms with Crippen molar-refractivity contribution < 1.29 is 167 Å². The first kappa shape index (κ1) is 90.4. The molecule has 0 heterocycles. The van der Waals surface area contributed by atoms with Gasteiger partial charge in [-0.1, -0.05) is 60.2 Å². The van der Waals surface area contributed by atoms with Crippen LogP contribution in [0.1, 0.15) is 122 Å². The maximum Gasteiger partial charge on any atom is 0.417 e. The minimum Gasteiger partial charge on any atom is -0.478 e. The highest BCUT2D eigenvalue weighted by Crippen LogP contribution is 2.49. The van der Waals surface area contributed by atoms with Gasteiger partial charge in [-0.2, -0.15) is 79.0 Å². The molecule has 42 heteroatoms. The Labute approximate surface area is 657 Å². The van der Waals surface area contributed by atoms with Crippen LogP contribution in [-0.4, -0.2) is 109 Å². The number of aromatic carboxylic acids is 4. The molecule has 6 amide bonds. The first-order valence-electron chi connectivity index (χ1n) is 32.8. The summed E-state index contributed by atoms with van der Waals surface area (Å²) in [6.45, 7) is 1.26. The molecule has 12 N–H and O–H groups in total. The Morgan fingerprint density at radius 1 is 0.258 bits per heavy atom. The van der Waals surface area contributed by atoms with Crippen molar-refractivity contribution in [2.45, 2.75) is 44.0 Å². The number of rotatable bonds is 21. The van der Waals surface area contributed by atoms with Crippen LogP contribution in [0, 0.1) is 6.92 Å². The lowest BCUT2D eigenvalue weighted by molar-refractivity contribution is -0.139. The van der Waals surface area contributed by atoms with E-state index in [1.807, 2.05) is 21.3 Å². The van der Waals surface area contributed by atoms with Crippen LogP contribution in [0.5, 0.6) is 0 Å². The standard InChI is InChI=1S/C43H25F12N3O9.C35H23F6N3O9/c1-18-2-6-22(30(12-18)40(44,45)46)23-8-4-20(14-32(23)42(50,51)52)57-36(62)26-16-27(29(39(66)67)17-28(26)38(64)65)37(63)58-21-5-9-25(33(15-21)43(53,54)55)24-7-3-19(13-31(24)41(47,48)49)56-34(59)10-11-35(60)61;1-42-30(48)24-12-16(2-6-22(24)32(50)51)17-3-7-23(33(52)53)25(13-17)31(49)44-19-5-9-21(27(15-19)35(39,40)41)20-8-4-18(14-26(20)34(36,37)38)43-28(45)10-11-29(46)47/h2-17H,1H3,(H,56,59)(H,57,62)(H,58,63)(H,60,61)(H,64,65)(H,66,67);2-15H,1H3,(H,42,48)(H,43,45)(H,44,49)(H,46,47)(H,50,51)(H,52,53)/b2*11-10-. The van der Waals surface area contributed by atoms with E-state index in [2.05, 4.69) is 10.6 Å². The third-order valence-corrected chi connectivity index (χ3v) is 16.7. The molecule has 9 rings (SSSR count). The van der Waals surface area contributed by atoms with Crippen molar-refractivity contribution in [2.75, 3.05) is 33.6 Å². The molecule has 24 nitrogen and oxygen atoms in total. The second-order valence-electron chi connectivity index (χ2n) is 24.8. The number of alkyl halides is 18. The molecular formula is C78H48F18N6O18. The molecule has 0 spiro atoms. The van der Waals surface area contributed by atoms with Crippen molar-refractivity contribution in [1.29, 1.82) is 0 Å². The van der Waals surface area contributed by atoms with Gasteiger partial charge in [-0.05, 0) is 155 Å². The fourth-order valence-electron chi connectivity index (χ4n) is 11.5. The molecule has 0 fully saturated rings. The largest absolute Gasteiger partial charge is 0.478 e. The van der Waals surface area contributed by atoms with Gasteiger partial charge in [0.1, 0.15) is 0 Å². The highest BCUT2D eigenvalue weighted by Gasteiger charge is 2.43. The van der Waals surface area contributed by atoms with E-state index in [1.54, 1.807) is 0 Å². The number of halogens is 18. The lowest BCUT2D eigenvalue weighted by Crippen LogP contribution is -2.23. The Morgan fingerprint density at radius 3 is 0.742 bits per heavy atom. The van der Waals surface area contributed by atoms with Crippen LogP contribution in [0.25, 0.3) is 44.5 Å². The maximum atomic E-state index is 14.5. The van der Waals surface area contributed by atoms with Crippen LogP contribution >= 0.6 is 0 Å². The zero-order chi connectivity index (χ0) is 89.5. The van der Waals surface area contributed by atoms with Gasteiger partial charge in [-0.3, -0.25) is 28.8 Å².